The second kappa shape index (κ2) is 8.86. The van der Waals surface area contributed by atoms with Crippen molar-refractivity contribution in [2.75, 3.05) is 31.1 Å². The zero-order valence-electron chi connectivity index (χ0n) is 17.1. The quantitative estimate of drug-likeness (QED) is 0.388. The van der Waals surface area contributed by atoms with Crippen molar-refractivity contribution in [1.29, 1.82) is 0 Å². The molecule has 9 heteroatoms. The van der Waals surface area contributed by atoms with E-state index in [9.17, 15) is 9.36 Å². The lowest BCUT2D eigenvalue weighted by Crippen LogP contribution is -2.07. The standard InChI is InChI=1S/C21H22ClN4O3P/c1-13(27)15-7-5-6-8-17(15)24-20-16(22)12-23-21(26-20)25-18-10-9-14(30(3,4)28)11-19(18)29-2/h5-12H,1-4H3,(H2,23,24,25,26). The van der Waals surface area contributed by atoms with Gasteiger partial charge in [0, 0.05) is 10.9 Å². The number of para-hydroxylation sites is 1. The van der Waals surface area contributed by atoms with Gasteiger partial charge in [0.25, 0.3) is 0 Å². The van der Waals surface area contributed by atoms with Crippen molar-refractivity contribution >= 4 is 53.0 Å². The summed E-state index contributed by atoms with van der Waals surface area (Å²) in [7, 11) is -0.884. The Kier molecular flexibility index (Phi) is 6.44. The van der Waals surface area contributed by atoms with Crippen LogP contribution in [-0.4, -0.2) is 36.2 Å². The number of nitrogens with zero attached hydrogens (tertiary/aromatic N) is 2. The minimum absolute atomic E-state index is 0.0735. The van der Waals surface area contributed by atoms with Crippen LogP contribution in [0.3, 0.4) is 0 Å². The zero-order chi connectivity index (χ0) is 21.9. The number of anilines is 4. The molecule has 1 aromatic heterocycles. The predicted molar refractivity (Wildman–Crippen MR) is 122 cm³/mol. The van der Waals surface area contributed by atoms with Gasteiger partial charge in [0.1, 0.15) is 17.9 Å². The summed E-state index contributed by atoms with van der Waals surface area (Å²) in [5.41, 5.74) is 1.75. The van der Waals surface area contributed by atoms with Gasteiger partial charge in [0.2, 0.25) is 5.95 Å². The molecule has 0 aliphatic heterocycles. The van der Waals surface area contributed by atoms with Gasteiger partial charge in [-0.15, -0.1) is 0 Å². The summed E-state index contributed by atoms with van der Waals surface area (Å²) in [5, 5.41) is 7.20. The molecule has 3 aromatic rings. The molecule has 0 fully saturated rings. The predicted octanol–water partition coefficient (Wildman–Crippen LogP) is 5.08. The van der Waals surface area contributed by atoms with E-state index >= 15 is 0 Å². The maximum Gasteiger partial charge on any atom is 0.229 e. The van der Waals surface area contributed by atoms with Gasteiger partial charge in [0.15, 0.2) is 11.6 Å². The van der Waals surface area contributed by atoms with E-state index in [2.05, 4.69) is 20.6 Å². The number of Topliss-reactive ketones (excluding diaryl/α,β-unsaturated/α-hetero) is 1. The second-order valence-corrected chi connectivity index (χ2v) is 10.6. The summed E-state index contributed by atoms with van der Waals surface area (Å²) in [6.07, 6.45) is 1.46. The number of hydrogen-bond acceptors (Lipinski definition) is 7. The minimum Gasteiger partial charge on any atom is -0.495 e. The zero-order valence-corrected chi connectivity index (χ0v) is 18.7. The third-order valence-corrected chi connectivity index (χ3v) is 6.16. The highest BCUT2D eigenvalue weighted by Crippen LogP contribution is 2.38. The third-order valence-electron chi connectivity index (χ3n) is 4.36. The highest BCUT2D eigenvalue weighted by atomic mass is 35.5. The smallest absolute Gasteiger partial charge is 0.229 e. The van der Waals surface area contributed by atoms with Crippen molar-refractivity contribution in [3.8, 4) is 5.75 Å². The number of hydrogen-bond donors (Lipinski definition) is 2. The average Bonchev–Trinajstić information content (AvgIpc) is 2.70. The number of rotatable bonds is 7. The van der Waals surface area contributed by atoms with Crippen molar-refractivity contribution in [1.82, 2.24) is 9.97 Å². The fourth-order valence-corrected chi connectivity index (χ4v) is 3.78. The molecule has 30 heavy (non-hydrogen) atoms. The van der Waals surface area contributed by atoms with Gasteiger partial charge in [-0.1, -0.05) is 23.7 Å². The second-order valence-electron chi connectivity index (χ2n) is 6.98. The monoisotopic (exact) mass is 444 g/mol. The average molecular weight is 445 g/mol. The molecule has 0 aliphatic rings. The molecule has 2 aromatic carbocycles. The van der Waals surface area contributed by atoms with Gasteiger partial charge in [-0.25, -0.2) is 4.98 Å². The van der Waals surface area contributed by atoms with Crippen LogP contribution in [0.1, 0.15) is 17.3 Å². The lowest BCUT2D eigenvalue weighted by molar-refractivity contribution is 0.101. The SMILES string of the molecule is COc1cc(P(C)(C)=O)ccc1Nc1ncc(Cl)c(Nc2ccccc2C(C)=O)n1. The molecule has 0 saturated heterocycles. The van der Waals surface area contributed by atoms with Crippen molar-refractivity contribution in [3.05, 3.63) is 59.2 Å². The molecular weight excluding hydrogens is 423 g/mol. The first-order chi connectivity index (χ1) is 14.2. The molecule has 0 spiro atoms. The van der Waals surface area contributed by atoms with E-state index < -0.39 is 7.14 Å². The lowest BCUT2D eigenvalue weighted by Gasteiger charge is -2.15. The molecule has 0 amide bonds. The van der Waals surface area contributed by atoms with Crippen LogP contribution in [0.4, 0.5) is 23.1 Å². The number of ether oxygens (including phenoxy) is 1. The van der Waals surface area contributed by atoms with Crippen LogP contribution in [0.25, 0.3) is 0 Å². The molecule has 3 rings (SSSR count). The summed E-state index contributed by atoms with van der Waals surface area (Å²) < 4.78 is 17.8. The highest BCUT2D eigenvalue weighted by molar-refractivity contribution is 7.70. The van der Waals surface area contributed by atoms with Gasteiger partial charge in [0.05, 0.1) is 24.7 Å². The first kappa shape index (κ1) is 21.8. The number of aromatic nitrogens is 2. The van der Waals surface area contributed by atoms with Crippen molar-refractivity contribution in [2.24, 2.45) is 0 Å². The third kappa shape index (κ3) is 4.99. The van der Waals surface area contributed by atoms with Crippen LogP contribution >= 0.6 is 18.7 Å². The van der Waals surface area contributed by atoms with E-state index in [0.717, 1.165) is 0 Å². The molecule has 0 saturated carbocycles. The van der Waals surface area contributed by atoms with Gasteiger partial charge in [-0.05, 0) is 50.6 Å². The van der Waals surface area contributed by atoms with E-state index in [0.29, 0.717) is 38.8 Å². The van der Waals surface area contributed by atoms with Gasteiger partial charge in [-0.2, -0.15) is 4.98 Å². The molecule has 0 radical (unpaired) electrons. The first-order valence-corrected chi connectivity index (χ1v) is 12.1. The van der Waals surface area contributed by atoms with Crippen LogP contribution in [0, 0.1) is 0 Å². The maximum absolute atomic E-state index is 12.3. The number of halogens is 1. The topological polar surface area (TPSA) is 93.2 Å². The molecule has 0 aliphatic carbocycles. The number of methoxy groups -OCH3 is 1. The van der Waals surface area contributed by atoms with Crippen molar-refractivity contribution in [3.63, 3.8) is 0 Å². The van der Waals surface area contributed by atoms with E-state index in [-0.39, 0.29) is 11.7 Å². The van der Waals surface area contributed by atoms with E-state index in [1.165, 1.54) is 20.2 Å². The Bertz CT molecular complexity index is 1150. The normalized spacial score (nSPS) is 11.1. The van der Waals surface area contributed by atoms with E-state index in [4.69, 9.17) is 16.3 Å². The molecular formula is C21H22ClN4O3P. The van der Waals surface area contributed by atoms with E-state index in [1.54, 1.807) is 49.7 Å². The number of ketones is 1. The molecule has 7 nitrogen and oxygen atoms in total. The van der Waals surface area contributed by atoms with Crippen LogP contribution in [0.2, 0.25) is 5.02 Å². The molecule has 2 N–H and O–H groups in total. The van der Waals surface area contributed by atoms with Gasteiger partial charge in [-0.3, -0.25) is 4.79 Å². The largest absolute Gasteiger partial charge is 0.495 e. The van der Waals surface area contributed by atoms with Crippen molar-refractivity contribution < 1.29 is 14.1 Å². The minimum atomic E-state index is -2.42. The molecule has 0 bridgehead atoms. The summed E-state index contributed by atoms with van der Waals surface area (Å²) in [5.74, 6) is 1.08. The van der Waals surface area contributed by atoms with Crippen molar-refractivity contribution in [2.45, 2.75) is 6.92 Å². The maximum atomic E-state index is 12.3. The van der Waals surface area contributed by atoms with Crippen LogP contribution < -0.4 is 20.7 Å². The summed E-state index contributed by atoms with van der Waals surface area (Å²) >= 11 is 6.25. The molecule has 156 valence electrons. The molecule has 1 heterocycles. The number of nitrogens with one attached hydrogen (secondary N) is 2. The molecule has 0 atom stereocenters. The Morgan fingerprint density at radius 1 is 1.10 bits per heavy atom. The highest BCUT2D eigenvalue weighted by Gasteiger charge is 2.16. The lowest BCUT2D eigenvalue weighted by atomic mass is 10.1. The van der Waals surface area contributed by atoms with Gasteiger partial charge < -0.3 is 19.9 Å². The Hall–Kier alpha value is -2.89. The Labute approximate surface area is 180 Å². The Morgan fingerprint density at radius 3 is 2.50 bits per heavy atom. The summed E-state index contributed by atoms with van der Waals surface area (Å²) in [6.45, 7) is 4.90. The Morgan fingerprint density at radius 2 is 1.83 bits per heavy atom. The van der Waals surface area contributed by atoms with Crippen LogP contribution in [0.5, 0.6) is 5.75 Å². The summed E-state index contributed by atoms with van der Waals surface area (Å²) in [4.78, 5) is 20.5. The number of carbonyl (C=O) groups excluding carboxylic acids is 1. The van der Waals surface area contributed by atoms with Crippen LogP contribution in [0.15, 0.2) is 48.7 Å². The fourth-order valence-electron chi connectivity index (χ4n) is 2.78. The number of carbonyl (C=O) groups is 1. The fraction of sp³-hybridized carbons (Fsp3) is 0.190. The van der Waals surface area contributed by atoms with Gasteiger partial charge >= 0.3 is 0 Å². The summed E-state index contributed by atoms with van der Waals surface area (Å²) in [6, 6.07) is 12.4. The molecule has 0 unspecified atom stereocenters. The number of benzene rings is 2. The van der Waals surface area contributed by atoms with E-state index in [1.807, 2.05) is 6.07 Å². The van der Waals surface area contributed by atoms with Crippen LogP contribution in [-0.2, 0) is 4.57 Å². The Balaban J connectivity index is 1.91. The first-order valence-electron chi connectivity index (χ1n) is 9.09.